The molecule has 6 heteroatoms. The van der Waals surface area contributed by atoms with Gasteiger partial charge in [-0.2, -0.15) is 0 Å². The van der Waals surface area contributed by atoms with Crippen LogP contribution < -0.4 is 5.32 Å². The third-order valence-electron chi connectivity index (χ3n) is 5.04. The van der Waals surface area contributed by atoms with Gasteiger partial charge in [-0.05, 0) is 61.5 Å². The first-order valence-electron chi connectivity index (χ1n) is 8.44. The molecule has 3 aliphatic rings. The van der Waals surface area contributed by atoms with Crippen LogP contribution in [0.5, 0.6) is 0 Å². The summed E-state index contributed by atoms with van der Waals surface area (Å²) in [7, 11) is 0. The number of aromatic nitrogens is 1. The number of amides is 1. The highest BCUT2D eigenvalue weighted by atomic mass is 32.1. The molecule has 5 rings (SSSR count). The molecule has 1 amide bonds. The number of pyridine rings is 1. The normalized spacial score (nSPS) is 28.5. The van der Waals surface area contributed by atoms with Crippen molar-refractivity contribution in [3.63, 3.8) is 0 Å². The summed E-state index contributed by atoms with van der Waals surface area (Å²) in [5.74, 6) is 0.464. The Labute approximate surface area is 145 Å². The molecule has 3 aliphatic heterocycles. The molecule has 0 saturated carbocycles. The van der Waals surface area contributed by atoms with Gasteiger partial charge in [0.2, 0.25) is 0 Å². The molecule has 2 bridgehead atoms. The van der Waals surface area contributed by atoms with Crippen LogP contribution in [0, 0.1) is 5.92 Å². The van der Waals surface area contributed by atoms with Gasteiger partial charge in [0.15, 0.2) is 0 Å². The molecular weight excluding hydrogens is 322 g/mol. The molecule has 5 heterocycles. The average Bonchev–Trinajstić information content (AvgIpc) is 3.11. The quantitative estimate of drug-likeness (QED) is 0.924. The summed E-state index contributed by atoms with van der Waals surface area (Å²) >= 11 is 1.50. The Hall–Kier alpha value is -1.92. The Bertz CT molecular complexity index is 669. The summed E-state index contributed by atoms with van der Waals surface area (Å²) in [4.78, 5) is 19.0. The van der Waals surface area contributed by atoms with Crippen LogP contribution in [0.1, 0.15) is 18.4 Å². The van der Waals surface area contributed by atoms with E-state index in [2.05, 4.69) is 21.3 Å². The maximum atomic E-state index is 12.3. The Morgan fingerprint density at radius 3 is 2.92 bits per heavy atom. The van der Waals surface area contributed by atoms with E-state index in [0.29, 0.717) is 5.92 Å². The summed E-state index contributed by atoms with van der Waals surface area (Å²) in [6.07, 6.45) is 6.41. The molecule has 1 N–H and O–H groups in total. The smallest absolute Gasteiger partial charge is 0.412 e. The van der Waals surface area contributed by atoms with Crippen LogP contribution in [-0.4, -0.2) is 41.2 Å². The first-order valence-corrected chi connectivity index (χ1v) is 9.31. The SMILES string of the molecule is O=C(Nc1cccs1)O[C@@H]1C2CCN(CC2)[C@@H]1Cc1cccnc1. The molecule has 2 aromatic rings. The number of ether oxygens (including phenoxy) is 1. The van der Waals surface area contributed by atoms with E-state index in [-0.39, 0.29) is 18.2 Å². The highest BCUT2D eigenvalue weighted by molar-refractivity contribution is 7.14. The summed E-state index contributed by atoms with van der Waals surface area (Å²) < 4.78 is 5.88. The van der Waals surface area contributed by atoms with Gasteiger partial charge in [0.25, 0.3) is 0 Å². The number of fused-ring (bicyclic) bond motifs is 3. The van der Waals surface area contributed by atoms with Gasteiger partial charge in [-0.15, -0.1) is 11.3 Å². The van der Waals surface area contributed by atoms with Crippen molar-refractivity contribution in [3.05, 3.63) is 47.6 Å². The Kier molecular flexibility index (Phi) is 4.49. The highest BCUT2D eigenvalue weighted by Gasteiger charge is 2.44. The number of anilines is 1. The second-order valence-electron chi connectivity index (χ2n) is 6.48. The van der Waals surface area contributed by atoms with Crippen LogP contribution >= 0.6 is 11.3 Å². The molecule has 0 spiro atoms. The lowest BCUT2D eigenvalue weighted by atomic mass is 9.78. The van der Waals surface area contributed by atoms with Gasteiger partial charge in [-0.3, -0.25) is 15.2 Å². The summed E-state index contributed by atoms with van der Waals surface area (Å²) in [5.41, 5.74) is 1.20. The zero-order chi connectivity index (χ0) is 16.4. The number of carbonyl (C=O) groups is 1. The van der Waals surface area contributed by atoms with Crippen molar-refractivity contribution in [2.75, 3.05) is 18.4 Å². The number of hydrogen-bond donors (Lipinski definition) is 1. The topological polar surface area (TPSA) is 54.5 Å². The number of rotatable bonds is 4. The second-order valence-corrected chi connectivity index (χ2v) is 7.43. The zero-order valence-electron chi connectivity index (χ0n) is 13.4. The van der Waals surface area contributed by atoms with E-state index in [0.717, 1.165) is 37.4 Å². The number of nitrogens with one attached hydrogen (secondary N) is 1. The average molecular weight is 343 g/mol. The molecule has 5 nitrogen and oxygen atoms in total. The fraction of sp³-hybridized carbons (Fsp3) is 0.444. The van der Waals surface area contributed by atoms with Crippen LogP contribution in [-0.2, 0) is 11.2 Å². The molecule has 2 atom stereocenters. The van der Waals surface area contributed by atoms with Gasteiger partial charge in [0.05, 0.1) is 11.0 Å². The van der Waals surface area contributed by atoms with Gasteiger partial charge < -0.3 is 4.74 Å². The predicted molar refractivity (Wildman–Crippen MR) is 94.2 cm³/mol. The lowest BCUT2D eigenvalue weighted by Gasteiger charge is -2.50. The van der Waals surface area contributed by atoms with Crippen molar-refractivity contribution in [1.29, 1.82) is 0 Å². The van der Waals surface area contributed by atoms with Crippen LogP contribution in [0.2, 0.25) is 0 Å². The van der Waals surface area contributed by atoms with Crippen molar-refractivity contribution in [3.8, 4) is 0 Å². The minimum atomic E-state index is -0.340. The maximum Gasteiger partial charge on any atom is 0.412 e. The van der Waals surface area contributed by atoms with Crippen molar-refractivity contribution < 1.29 is 9.53 Å². The first-order chi connectivity index (χ1) is 11.8. The van der Waals surface area contributed by atoms with Crippen molar-refractivity contribution in [2.45, 2.75) is 31.4 Å². The van der Waals surface area contributed by atoms with E-state index in [1.165, 1.54) is 16.9 Å². The number of hydrogen-bond acceptors (Lipinski definition) is 5. The standard InChI is InChI=1S/C18H21N3O2S/c22-18(20-16-4-2-10-24-16)23-17-14-5-8-21(9-6-14)15(17)11-13-3-1-7-19-12-13/h1-4,7,10,12,14-15,17H,5-6,8-9,11H2,(H,20,22)/t15-,17-/m1/s1. The van der Waals surface area contributed by atoms with E-state index >= 15 is 0 Å². The summed E-state index contributed by atoms with van der Waals surface area (Å²) in [6, 6.07) is 8.11. The monoisotopic (exact) mass is 343 g/mol. The lowest BCUT2D eigenvalue weighted by molar-refractivity contribution is -0.0741. The summed E-state index contributed by atoms with van der Waals surface area (Å²) in [6.45, 7) is 2.20. The van der Waals surface area contributed by atoms with Gasteiger partial charge in [-0.25, -0.2) is 4.79 Å². The maximum absolute atomic E-state index is 12.3. The van der Waals surface area contributed by atoms with Crippen LogP contribution in [0.25, 0.3) is 0 Å². The molecule has 0 aromatic carbocycles. The van der Waals surface area contributed by atoms with Crippen LogP contribution in [0.15, 0.2) is 42.0 Å². The first kappa shape index (κ1) is 15.6. The minimum Gasteiger partial charge on any atom is -0.444 e. The molecule has 0 radical (unpaired) electrons. The number of piperidine rings is 3. The molecule has 24 heavy (non-hydrogen) atoms. The second kappa shape index (κ2) is 6.91. The number of thiophene rings is 1. The van der Waals surface area contributed by atoms with Crippen molar-refractivity contribution >= 4 is 22.4 Å². The van der Waals surface area contributed by atoms with Crippen molar-refractivity contribution in [2.24, 2.45) is 5.92 Å². The largest absolute Gasteiger partial charge is 0.444 e. The molecule has 3 saturated heterocycles. The van der Waals surface area contributed by atoms with Gasteiger partial charge in [0.1, 0.15) is 6.10 Å². The molecule has 3 fully saturated rings. The number of nitrogens with zero attached hydrogens (tertiary/aromatic N) is 2. The fourth-order valence-corrected chi connectivity index (χ4v) is 4.49. The molecule has 2 aromatic heterocycles. The van der Waals surface area contributed by atoms with E-state index in [1.807, 2.05) is 29.8 Å². The molecule has 0 unspecified atom stereocenters. The third-order valence-corrected chi connectivity index (χ3v) is 5.83. The lowest BCUT2D eigenvalue weighted by Crippen LogP contribution is -2.60. The third kappa shape index (κ3) is 3.30. The highest BCUT2D eigenvalue weighted by Crippen LogP contribution is 2.36. The van der Waals surface area contributed by atoms with E-state index in [4.69, 9.17) is 4.74 Å². The Morgan fingerprint density at radius 1 is 1.33 bits per heavy atom. The van der Waals surface area contributed by atoms with Gasteiger partial charge in [-0.1, -0.05) is 6.07 Å². The molecular formula is C18H21N3O2S. The minimum absolute atomic E-state index is 0.0485. The Morgan fingerprint density at radius 2 is 2.21 bits per heavy atom. The predicted octanol–water partition coefficient (Wildman–Crippen LogP) is 3.40. The Balaban J connectivity index is 1.47. The van der Waals surface area contributed by atoms with Gasteiger partial charge in [0, 0.05) is 18.3 Å². The van der Waals surface area contributed by atoms with Crippen molar-refractivity contribution in [1.82, 2.24) is 9.88 Å². The zero-order valence-corrected chi connectivity index (χ0v) is 14.2. The van der Waals surface area contributed by atoms with Crippen LogP contribution in [0.4, 0.5) is 9.80 Å². The van der Waals surface area contributed by atoms with Gasteiger partial charge >= 0.3 is 6.09 Å². The van der Waals surface area contributed by atoms with E-state index in [1.54, 1.807) is 6.20 Å². The van der Waals surface area contributed by atoms with Crippen LogP contribution in [0.3, 0.4) is 0 Å². The fourth-order valence-electron chi connectivity index (χ4n) is 3.89. The molecule has 126 valence electrons. The summed E-state index contributed by atoms with van der Waals surface area (Å²) in [5, 5.41) is 5.60. The van der Waals surface area contributed by atoms with E-state index < -0.39 is 0 Å². The molecule has 0 aliphatic carbocycles. The number of carbonyl (C=O) groups excluding carboxylic acids is 1. The van der Waals surface area contributed by atoms with E-state index in [9.17, 15) is 4.79 Å².